The number of hydrogen-bond donors (Lipinski definition) is 0. The lowest BCUT2D eigenvalue weighted by atomic mass is 9.95. The van der Waals surface area contributed by atoms with Crippen LogP contribution in [0.5, 0.6) is 0 Å². The molecule has 0 saturated heterocycles. The van der Waals surface area contributed by atoms with E-state index in [9.17, 15) is 0 Å². The minimum atomic E-state index is 0.916. The SMILES string of the molecule is c1ccc(-c2ccc(N(c3ccc(-c4cccc5cc6oc7ccccc7c6cc45)cc3)c3ccccc3-c3cccc4ccccc34)cc2)cc1. The number of anilines is 3. The average Bonchev–Trinajstić information content (AvgIpc) is 3.58. The lowest BCUT2D eigenvalue weighted by Gasteiger charge is -2.28. The molecule has 10 rings (SSSR count). The van der Waals surface area contributed by atoms with E-state index in [-0.39, 0.29) is 0 Å². The standard InChI is InChI=1S/C50H33NO/c1-2-12-34(13-3-1)35-24-28-39(29-25-35)51(48-22-8-6-18-44(48)43-21-10-15-36-14-4-5-17-41(36)43)40-30-26-37(27-31-40)42-20-11-16-38-32-50-47(33-46(38)42)45-19-7-9-23-49(45)52-50/h1-33H. The highest BCUT2D eigenvalue weighted by Crippen LogP contribution is 2.44. The summed E-state index contributed by atoms with van der Waals surface area (Å²) >= 11 is 0. The van der Waals surface area contributed by atoms with Crippen LogP contribution in [-0.2, 0) is 0 Å². The van der Waals surface area contributed by atoms with Crippen molar-refractivity contribution in [2.24, 2.45) is 0 Å². The molecule has 0 saturated carbocycles. The van der Waals surface area contributed by atoms with Gasteiger partial charge in [-0.2, -0.15) is 0 Å². The predicted molar refractivity (Wildman–Crippen MR) is 220 cm³/mol. The Labute approximate surface area is 302 Å². The van der Waals surface area contributed by atoms with E-state index >= 15 is 0 Å². The number of nitrogens with zero attached hydrogens (tertiary/aromatic N) is 1. The van der Waals surface area contributed by atoms with Gasteiger partial charge >= 0.3 is 0 Å². The fraction of sp³-hybridized carbons (Fsp3) is 0. The van der Waals surface area contributed by atoms with Crippen molar-refractivity contribution < 1.29 is 4.42 Å². The van der Waals surface area contributed by atoms with E-state index < -0.39 is 0 Å². The van der Waals surface area contributed by atoms with E-state index in [0.29, 0.717) is 0 Å². The first-order valence-corrected chi connectivity index (χ1v) is 17.8. The molecule has 0 aliphatic carbocycles. The van der Waals surface area contributed by atoms with Crippen LogP contribution in [0.2, 0.25) is 0 Å². The normalized spacial score (nSPS) is 11.5. The van der Waals surface area contributed by atoms with E-state index in [2.05, 4.69) is 193 Å². The number of hydrogen-bond acceptors (Lipinski definition) is 2. The van der Waals surface area contributed by atoms with Crippen molar-refractivity contribution in [1.82, 2.24) is 0 Å². The van der Waals surface area contributed by atoms with Crippen molar-refractivity contribution in [3.63, 3.8) is 0 Å². The van der Waals surface area contributed by atoms with Crippen LogP contribution in [0, 0.1) is 0 Å². The molecule has 0 amide bonds. The predicted octanol–water partition coefficient (Wildman–Crippen LogP) is 14.4. The van der Waals surface area contributed by atoms with Crippen molar-refractivity contribution in [3.8, 4) is 33.4 Å². The summed E-state index contributed by atoms with van der Waals surface area (Å²) in [4.78, 5) is 2.39. The number of fused-ring (bicyclic) bond motifs is 5. The quantitative estimate of drug-likeness (QED) is 0.176. The van der Waals surface area contributed by atoms with Crippen LogP contribution < -0.4 is 4.90 Å². The molecule has 0 N–H and O–H groups in total. The first-order chi connectivity index (χ1) is 25.8. The minimum Gasteiger partial charge on any atom is -0.456 e. The maximum Gasteiger partial charge on any atom is 0.136 e. The second-order valence-corrected chi connectivity index (χ2v) is 13.3. The molecule has 1 aromatic heterocycles. The van der Waals surface area contributed by atoms with Gasteiger partial charge in [-0.1, -0.05) is 152 Å². The zero-order chi connectivity index (χ0) is 34.4. The molecule has 2 nitrogen and oxygen atoms in total. The maximum atomic E-state index is 6.22. The van der Waals surface area contributed by atoms with Gasteiger partial charge < -0.3 is 9.32 Å². The molecule has 52 heavy (non-hydrogen) atoms. The lowest BCUT2D eigenvalue weighted by molar-refractivity contribution is 0.669. The third kappa shape index (κ3) is 5.12. The molecule has 2 heteroatoms. The third-order valence-electron chi connectivity index (χ3n) is 10.3. The molecule has 0 fully saturated rings. The van der Waals surface area contributed by atoms with Crippen LogP contribution in [0.25, 0.3) is 76.9 Å². The summed E-state index contributed by atoms with van der Waals surface area (Å²) in [6, 6.07) is 71.8. The Morgan fingerprint density at radius 2 is 0.885 bits per heavy atom. The van der Waals surface area contributed by atoms with Crippen LogP contribution >= 0.6 is 0 Å². The fourth-order valence-corrected chi connectivity index (χ4v) is 7.76. The Morgan fingerprint density at radius 3 is 1.69 bits per heavy atom. The summed E-state index contributed by atoms with van der Waals surface area (Å²) < 4.78 is 6.22. The first kappa shape index (κ1) is 30.0. The van der Waals surface area contributed by atoms with Gasteiger partial charge in [-0.3, -0.25) is 0 Å². The summed E-state index contributed by atoms with van der Waals surface area (Å²) in [5, 5.41) is 7.13. The number of benzene rings is 9. The molecule has 0 bridgehead atoms. The van der Waals surface area contributed by atoms with Crippen molar-refractivity contribution in [2.75, 3.05) is 4.90 Å². The summed E-state index contributed by atoms with van der Waals surface area (Å²) in [7, 11) is 0. The van der Waals surface area contributed by atoms with Crippen LogP contribution in [0.3, 0.4) is 0 Å². The molecule has 9 aromatic carbocycles. The molecule has 1 heterocycles. The van der Waals surface area contributed by atoms with Crippen LogP contribution in [-0.4, -0.2) is 0 Å². The van der Waals surface area contributed by atoms with E-state index in [1.165, 1.54) is 49.5 Å². The second kappa shape index (κ2) is 12.5. The summed E-state index contributed by atoms with van der Waals surface area (Å²) in [6.07, 6.45) is 0. The zero-order valence-electron chi connectivity index (χ0n) is 28.4. The molecule has 244 valence electrons. The van der Waals surface area contributed by atoms with E-state index in [1.54, 1.807) is 0 Å². The Morgan fingerprint density at radius 1 is 0.308 bits per heavy atom. The van der Waals surface area contributed by atoms with Gasteiger partial charge in [0.2, 0.25) is 0 Å². The van der Waals surface area contributed by atoms with Crippen LogP contribution in [0.4, 0.5) is 17.1 Å². The Hall–Kier alpha value is -6.90. The molecule has 10 aromatic rings. The molecule has 0 spiro atoms. The third-order valence-corrected chi connectivity index (χ3v) is 10.3. The Kier molecular flexibility index (Phi) is 7.18. The summed E-state index contributed by atoms with van der Waals surface area (Å²) in [5.74, 6) is 0. The largest absolute Gasteiger partial charge is 0.456 e. The second-order valence-electron chi connectivity index (χ2n) is 13.3. The minimum absolute atomic E-state index is 0.916. The molecule has 0 radical (unpaired) electrons. The smallest absolute Gasteiger partial charge is 0.136 e. The van der Waals surface area contributed by atoms with Crippen molar-refractivity contribution in [3.05, 3.63) is 200 Å². The van der Waals surface area contributed by atoms with Crippen LogP contribution in [0.15, 0.2) is 205 Å². The number of furan rings is 1. The summed E-state index contributed by atoms with van der Waals surface area (Å²) in [6.45, 7) is 0. The highest BCUT2D eigenvalue weighted by Gasteiger charge is 2.19. The Bertz CT molecular complexity index is 2880. The van der Waals surface area contributed by atoms with E-state index in [0.717, 1.165) is 44.4 Å². The van der Waals surface area contributed by atoms with Crippen molar-refractivity contribution >= 4 is 60.5 Å². The van der Waals surface area contributed by atoms with Gasteiger partial charge in [-0.15, -0.1) is 0 Å². The topological polar surface area (TPSA) is 16.4 Å². The van der Waals surface area contributed by atoms with Crippen molar-refractivity contribution in [2.45, 2.75) is 0 Å². The monoisotopic (exact) mass is 663 g/mol. The zero-order valence-corrected chi connectivity index (χ0v) is 28.4. The Balaban J connectivity index is 1.12. The molecule has 0 aliphatic rings. The fourth-order valence-electron chi connectivity index (χ4n) is 7.76. The van der Waals surface area contributed by atoms with Crippen molar-refractivity contribution in [1.29, 1.82) is 0 Å². The van der Waals surface area contributed by atoms with Gasteiger partial charge in [0, 0.05) is 27.7 Å². The molecule has 0 atom stereocenters. The highest BCUT2D eigenvalue weighted by atomic mass is 16.3. The molecule has 0 unspecified atom stereocenters. The van der Waals surface area contributed by atoms with E-state index in [4.69, 9.17) is 4.42 Å². The maximum absolute atomic E-state index is 6.22. The average molecular weight is 664 g/mol. The van der Waals surface area contributed by atoms with Gasteiger partial charge in [0.1, 0.15) is 11.2 Å². The van der Waals surface area contributed by atoms with Crippen LogP contribution in [0.1, 0.15) is 0 Å². The van der Waals surface area contributed by atoms with Gasteiger partial charge in [-0.05, 0) is 97.9 Å². The van der Waals surface area contributed by atoms with Gasteiger partial charge in [-0.25, -0.2) is 0 Å². The van der Waals surface area contributed by atoms with Gasteiger partial charge in [0.05, 0.1) is 5.69 Å². The number of para-hydroxylation sites is 2. The number of rotatable bonds is 6. The summed E-state index contributed by atoms with van der Waals surface area (Å²) in [5.41, 5.74) is 12.3. The lowest BCUT2D eigenvalue weighted by Crippen LogP contribution is -2.11. The highest BCUT2D eigenvalue weighted by molar-refractivity contribution is 6.12. The first-order valence-electron chi connectivity index (χ1n) is 17.8. The molecular weight excluding hydrogens is 631 g/mol. The molecule has 0 aliphatic heterocycles. The van der Waals surface area contributed by atoms with E-state index in [1.807, 2.05) is 12.1 Å². The molecular formula is C50H33NO. The van der Waals surface area contributed by atoms with Gasteiger partial charge in [0.15, 0.2) is 0 Å². The van der Waals surface area contributed by atoms with Gasteiger partial charge in [0.25, 0.3) is 0 Å².